The van der Waals surface area contributed by atoms with Gasteiger partial charge in [0.15, 0.2) is 5.11 Å². The minimum absolute atomic E-state index is 0.523. The lowest BCUT2D eigenvalue weighted by Gasteiger charge is -2.36. The van der Waals surface area contributed by atoms with E-state index in [1.54, 1.807) is 0 Å². The summed E-state index contributed by atoms with van der Waals surface area (Å²) in [5, 5.41) is 6.98. The standard InChI is InChI=1S/C23H32N6OS/c1-17-12-18(2)16-29(15-17)21-13-20(28-8-10-30-11-9-28)25-22(26-21)27-23(31)24-14-19-6-4-3-5-7-19/h3-7,13,17-18H,8-12,14-16H2,1-2H3,(H2,24,25,26,27,31)/t17-,18+. The van der Waals surface area contributed by atoms with Gasteiger partial charge in [0.25, 0.3) is 0 Å². The Morgan fingerprint density at radius 1 is 1.03 bits per heavy atom. The Morgan fingerprint density at radius 2 is 1.68 bits per heavy atom. The maximum Gasteiger partial charge on any atom is 0.232 e. The Labute approximate surface area is 190 Å². The summed E-state index contributed by atoms with van der Waals surface area (Å²) in [7, 11) is 0. The summed E-state index contributed by atoms with van der Waals surface area (Å²) in [6, 6.07) is 12.3. The third-order valence-electron chi connectivity index (χ3n) is 5.75. The molecule has 4 rings (SSSR count). The predicted molar refractivity (Wildman–Crippen MR) is 130 cm³/mol. The third-order valence-corrected chi connectivity index (χ3v) is 5.99. The van der Waals surface area contributed by atoms with Crippen LogP contribution >= 0.6 is 12.2 Å². The van der Waals surface area contributed by atoms with E-state index in [-0.39, 0.29) is 0 Å². The molecule has 0 radical (unpaired) electrons. The molecule has 0 spiro atoms. The highest BCUT2D eigenvalue weighted by atomic mass is 32.1. The summed E-state index contributed by atoms with van der Waals surface area (Å²) in [5.41, 5.74) is 1.17. The van der Waals surface area contributed by atoms with Gasteiger partial charge in [-0.1, -0.05) is 44.2 Å². The number of hydrogen-bond acceptors (Lipinski definition) is 6. The predicted octanol–water partition coefficient (Wildman–Crippen LogP) is 3.28. The lowest BCUT2D eigenvalue weighted by molar-refractivity contribution is 0.122. The van der Waals surface area contributed by atoms with E-state index in [1.807, 2.05) is 18.2 Å². The van der Waals surface area contributed by atoms with Crippen molar-refractivity contribution in [1.29, 1.82) is 0 Å². The van der Waals surface area contributed by atoms with Gasteiger partial charge in [0.1, 0.15) is 11.6 Å². The van der Waals surface area contributed by atoms with E-state index in [1.165, 1.54) is 12.0 Å². The first-order valence-corrected chi connectivity index (χ1v) is 11.5. The van der Waals surface area contributed by atoms with E-state index >= 15 is 0 Å². The molecule has 0 amide bonds. The molecule has 1 aromatic heterocycles. The van der Waals surface area contributed by atoms with Crippen LogP contribution in [0.3, 0.4) is 0 Å². The highest BCUT2D eigenvalue weighted by molar-refractivity contribution is 7.80. The van der Waals surface area contributed by atoms with Crippen LogP contribution in [0, 0.1) is 11.8 Å². The minimum atomic E-state index is 0.523. The molecular formula is C23H32N6OS. The highest BCUT2D eigenvalue weighted by Crippen LogP contribution is 2.28. The fourth-order valence-electron chi connectivity index (χ4n) is 4.37. The molecule has 166 valence electrons. The number of rotatable bonds is 5. The van der Waals surface area contributed by atoms with Crippen molar-refractivity contribution in [2.75, 3.05) is 54.5 Å². The van der Waals surface area contributed by atoms with Crippen molar-refractivity contribution in [3.05, 3.63) is 42.0 Å². The molecular weight excluding hydrogens is 408 g/mol. The Kier molecular flexibility index (Phi) is 7.19. The lowest BCUT2D eigenvalue weighted by atomic mass is 9.92. The van der Waals surface area contributed by atoms with Crippen molar-refractivity contribution in [1.82, 2.24) is 15.3 Å². The van der Waals surface area contributed by atoms with Crippen molar-refractivity contribution < 1.29 is 4.74 Å². The van der Waals surface area contributed by atoms with Crippen LogP contribution < -0.4 is 20.4 Å². The first kappa shape index (κ1) is 21.8. The largest absolute Gasteiger partial charge is 0.378 e. The first-order chi connectivity index (χ1) is 15.1. The zero-order valence-corrected chi connectivity index (χ0v) is 19.2. The molecule has 2 saturated heterocycles. The van der Waals surface area contributed by atoms with Crippen LogP contribution in [0.4, 0.5) is 17.6 Å². The summed E-state index contributed by atoms with van der Waals surface area (Å²) in [6.07, 6.45) is 1.26. The van der Waals surface area contributed by atoms with Crippen LogP contribution in [0.15, 0.2) is 36.4 Å². The second kappa shape index (κ2) is 10.2. The van der Waals surface area contributed by atoms with Crippen molar-refractivity contribution >= 4 is 34.9 Å². The number of hydrogen-bond donors (Lipinski definition) is 2. The summed E-state index contributed by atoms with van der Waals surface area (Å²) >= 11 is 5.52. The normalized spacial score (nSPS) is 21.6. The van der Waals surface area contributed by atoms with Crippen LogP contribution in [0.5, 0.6) is 0 Å². The van der Waals surface area contributed by atoms with Gasteiger partial charge in [-0.25, -0.2) is 0 Å². The molecule has 2 aromatic rings. The Bertz CT molecular complexity index is 864. The van der Waals surface area contributed by atoms with Gasteiger partial charge in [0, 0.05) is 38.8 Å². The number of nitrogens with one attached hydrogen (secondary N) is 2. The Morgan fingerprint density at radius 3 is 2.35 bits per heavy atom. The van der Waals surface area contributed by atoms with E-state index in [0.29, 0.717) is 29.4 Å². The van der Waals surface area contributed by atoms with E-state index in [0.717, 1.165) is 51.0 Å². The van der Waals surface area contributed by atoms with Gasteiger partial charge in [0.05, 0.1) is 13.2 Å². The molecule has 2 atom stereocenters. The molecule has 7 nitrogen and oxygen atoms in total. The average Bonchev–Trinajstić information content (AvgIpc) is 2.78. The number of piperidine rings is 1. The highest BCUT2D eigenvalue weighted by Gasteiger charge is 2.25. The molecule has 2 aliphatic heterocycles. The summed E-state index contributed by atoms with van der Waals surface area (Å²) < 4.78 is 5.52. The second-order valence-electron chi connectivity index (χ2n) is 8.65. The smallest absolute Gasteiger partial charge is 0.232 e. The van der Waals surface area contributed by atoms with Crippen molar-refractivity contribution in [2.24, 2.45) is 11.8 Å². The van der Waals surface area contributed by atoms with E-state index in [4.69, 9.17) is 26.9 Å². The monoisotopic (exact) mass is 440 g/mol. The number of ether oxygens (including phenoxy) is 1. The SMILES string of the molecule is C[C@@H]1C[C@H](C)CN(c2cc(N3CCOCC3)nc(NC(=S)NCc3ccccc3)n2)C1. The van der Waals surface area contributed by atoms with Gasteiger partial charge in [0.2, 0.25) is 5.95 Å². The summed E-state index contributed by atoms with van der Waals surface area (Å²) in [4.78, 5) is 14.3. The van der Waals surface area contributed by atoms with Crippen LogP contribution in [0.1, 0.15) is 25.8 Å². The quantitative estimate of drug-likeness (QED) is 0.687. The second-order valence-corrected chi connectivity index (χ2v) is 9.06. The molecule has 3 heterocycles. The average molecular weight is 441 g/mol. The molecule has 0 unspecified atom stereocenters. The molecule has 8 heteroatoms. The van der Waals surface area contributed by atoms with Gasteiger partial charge in [-0.05, 0) is 36.0 Å². The zero-order valence-electron chi connectivity index (χ0n) is 18.4. The summed E-state index contributed by atoms with van der Waals surface area (Å²) in [6.45, 7) is 10.4. The van der Waals surface area contributed by atoms with Crippen molar-refractivity contribution in [3.8, 4) is 0 Å². The maximum atomic E-state index is 5.52. The van der Waals surface area contributed by atoms with Crippen LogP contribution in [0.25, 0.3) is 0 Å². The summed E-state index contributed by atoms with van der Waals surface area (Å²) in [5.74, 6) is 3.72. The third kappa shape index (κ3) is 6.04. The van der Waals surface area contributed by atoms with E-state index in [9.17, 15) is 0 Å². The van der Waals surface area contributed by atoms with Crippen molar-refractivity contribution in [2.45, 2.75) is 26.8 Å². The number of nitrogens with zero attached hydrogens (tertiary/aromatic N) is 4. The Balaban J connectivity index is 1.51. The molecule has 2 fully saturated rings. The topological polar surface area (TPSA) is 65.6 Å². The molecule has 0 aliphatic carbocycles. The number of thiocarbonyl (C=S) groups is 1. The molecule has 2 aliphatic rings. The van der Waals surface area contributed by atoms with Crippen LogP contribution in [-0.2, 0) is 11.3 Å². The molecule has 0 bridgehead atoms. The number of morpholine rings is 1. The van der Waals surface area contributed by atoms with Gasteiger partial charge in [-0.15, -0.1) is 0 Å². The van der Waals surface area contributed by atoms with Crippen molar-refractivity contribution in [3.63, 3.8) is 0 Å². The fraction of sp³-hybridized carbons (Fsp3) is 0.522. The molecule has 0 saturated carbocycles. The van der Waals surface area contributed by atoms with Gasteiger partial charge >= 0.3 is 0 Å². The van der Waals surface area contributed by atoms with E-state index in [2.05, 4.69) is 52.5 Å². The zero-order chi connectivity index (χ0) is 21.6. The lowest BCUT2D eigenvalue weighted by Crippen LogP contribution is -2.40. The number of anilines is 3. The van der Waals surface area contributed by atoms with Crippen LogP contribution in [0.2, 0.25) is 0 Å². The number of aromatic nitrogens is 2. The van der Waals surface area contributed by atoms with Gasteiger partial charge in [-0.2, -0.15) is 9.97 Å². The van der Waals surface area contributed by atoms with E-state index < -0.39 is 0 Å². The molecule has 31 heavy (non-hydrogen) atoms. The number of benzene rings is 1. The maximum absolute atomic E-state index is 5.52. The van der Waals surface area contributed by atoms with Gasteiger partial charge in [-0.3, -0.25) is 0 Å². The molecule has 2 N–H and O–H groups in total. The van der Waals surface area contributed by atoms with Gasteiger partial charge < -0.3 is 25.2 Å². The fourth-order valence-corrected chi connectivity index (χ4v) is 4.53. The minimum Gasteiger partial charge on any atom is -0.378 e. The van der Waals surface area contributed by atoms with Crippen LogP contribution in [-0.4, -0.2) is 54.5 Å². The first-order valence-electron chi connectivity index (χ1n) is 11.1. The Hall–Kier alpha value is -2.45. The molecule has 1 aromatic carbocycles.